The molecular weight excluding hydrogens is 394 g/mol. The van der Waals surface area contributed by atoms with E-state index in [2.05, 4.69) is 41.4 Å². The highest BCUT2D eigenvalue weighted by Gasteiger charge is 2.34. The fourth-order valence-electron chi connectivity index (χ4n) is 4.59. The van der Waals surface area contributed by atoms with Crippen LogP contribution in [0, 0.1) is 6.92 Å². The van der Waals surface area contributed by atoms with E-state index < -0.39 is 0 Å². The number of likely N-dealkylation sites (tertiary alicyclic amines) is 2. The molecule has 1 unspecified atom stereocenters. The second-order valence-electron chi connectivity index (χ2n) is 8.54. The zero-order valence-corrected chi connectivity index (χ0v) is 18.5. The summed E-state index contributed by atoms with van der Waals surface area (Å²) in [6.45, 7) is 5.74. The molecular formula is C24H31N3O2S. The van der Waals surface area contributed by atoms with Gasteiger partial charge < -0.3 is 10.2 Å². The number of carbonyl (C=O) groups excluding carboxylic acids is 2. The number of hydrogen-bond donors (Lipinski definition) is 1. The van der Waals surface area contributed by atoms with Gasteiger partial charge in [-0.2, -0.15) is 0 Å². The largest absolute Gasteiger partial charge is 0.351 e. The number of rotatable bonds is 5. The molecule has 30 heavy (non-hydrogen) atoms. The van der Waals surface area contributed by atoms with Crippen molar-refractivity contribution in [2.45, 2.75) is 57.7 Å². The Morgan fingerprint density at radius 3 is 2.63 bits per heavy atom. The van der Waals surface area contributed by atoms with Gasteiger partial charge in [0.2, 0.25) is 5.91 Å². The predicted octanol–water partition coefficient (Wildman–Crippen LogP) is 3.83. The highest BCUT2D eigenvalue weighted by molar-refractivity contribution is 7.12. The Balaban J connectivity index is 1.30. The van der Waals surface area contributed by atoms with Gasteiger partial charge in [0.1, 0.15) is 6.04 Å². The van der Waals surface area contributed by atoms with Gasteiger partial charge in [0, 0.05) is 32.2 Å². The molecule has 6 heteroatoms. The summed E-state index contributed by atoms with van der Waals surface area (Å²) in [6, 6.07) is 12.3. The van der Waals surface area contributed by atoms with Crippen molar-refractivity contribution in [2.75, 3.05) is 19.6 Å². The molecule has 0 spiro atoms. The van der Waals surface area contributed by atoms with Crippen LogP contribution in [0.4, 0.5) is 0 Å². The molecule has 160 valence electrons. The predicted molar refractivity (Wildman–Crippen MR) is 121 cm³/mol. The normalized spacial score (nSPS) is 20.8. The Kier molecular flexibility index (Phi) is 6.85. The van der Waals surface area contributed by atoms with Crippen LogP contribution in [0.2, 0.25) is 0 Å². The van der Waals surface area contributed by atoms with Gasteiger partial charge in [-0.25, -0.2) is 0 Å². The molecule has 2 fully saturated rings. The number of piperidine rings is 2. The summed E-state index contributed by atoms with van der Waals surface area (Å²) in [6.07, 6.45) is 4.65. The van der Waals surface area contributed by atoms with Gasteiger partial charge in [-0.05, 0) is 56.0 Å². The van der Waals surface area contributed by atoms with E-state index in [1.807, 2.05) is 17.5 Å². The van der Waals surface area contributed by atoms with Crippen LogP contribution < -0.4 is 5.32 Å². The van der Waals surface area contributed by atoms with Crippen LogP contribution in [-0.4, -0.2) is 53.3 Å². The topological polar surface area (TPSA) is 52.7 Å². The minimum atomic E-state index is -0.335. The standard InChI is InChI=1S/C24H31N3O2S/c1-18-6-4-7-19(16-18)17-26-13-10-20(11-14-26)25-23(28)21-8-2-3-12-27(21)24(29)22-9-5-15-30-22/h4-7,9,15-16,20-21H,2-3,8,10-14,17H2,1H3,(H,25,28). The van der Waals surface area contributed by atoms with Gasteiger partial charge in [0.15, 0.2) is 0 Å². The molecule has 2 saturated heterocycles. The minimum Gasteiger partial charge on any atom is -0.351 e. The number of carbonyl (C=O) groups is 2. The van der Waals surface area contributed by atoms with Gasteiger partial charge in [0.05, 0.1) is 4.88 Å². The van der Waals surface area contributed by atoms with E-state index in [-0.39, 0.29) is 23.9 Å². The molecule has 0 saturated carbocycles. The molecule has 3 heterocycles. The number of nitrogens with one attached hydrogen (secondary N) is 1. The number of thiophene rings is 1. The molecule has 0 aliphatic carbocycles. The first-order valence-electron chi connectivity index (χ1n) is 11.0. The summed E-state index contributed by atoms with van der Waals surface area (Å²) >= 11 is 1.45. The zero-order valence-electron chi connectivity index (χ0n) is 17.7. The molecule has 2 aliphatic rings. The van der Waals surface area contributed by atoms with Crippen molar-refractivity contribution in [3.05, 3.63) is 57.8 Å². The van der Waals surface area contributed by atoms with Crippen LogP contribution in [0.25, 0.3) is 0 Å². The highest BCUT2D eigenvalue weighted by atomic mass is 32.1. The summed E-state index contributed by atoms with van der Waals surface area (Å²) in [5.74, 6) is 0.0227. The van der Waals surface area contributed by atoms with Crippen molar-refractivity contribution in [1.82, 2.24) is 15.1 Å². The first-order chi connectivity index (χ1) is 14.6. The van der Waals surface area contributed by atoms with Crippen LogP contribution in [0.1, 0.15) is 52.9 Å². The first kappa shape index (κ1) is 21.1. The average Bonchev–Trinajstić information content (AvgIpc) is 3.30. The monoisotopic (exact) mass is 425 g/mol. The van der Waals surface area contributed by atoms with Gasteiger partial charge in [-0.1, -0.05) is 35.9 Å². The zero-order chi connectivity index (χ0) is 20.9. The van der Waals surface area contributed by atoms with E-state index >= 15 is 0 Å². The third kappa shape index (κ3) is 5.10. The average molecular weight is 426 g/mol. The summed E-state index contributed by atoms with van der Waals surface area (Å²) in [5, 5.41) is 5.17. The van der Waals surface area contributed by atoms with Crippen LogP contribution in [0.3, 0.4) is 0 Å². The third-order valence-corrected chi connectivity index (χ3v) is 7.08. The van der Waals surface area contributed by atoms with E-state index in [4.69, 9.17) is 0 Å². The molecule has 1 atom stereocenters. The Morgan fingerprint density at radius 2 is 1.90 bits per heavy atom. The maximum atomic E-state index is 13.0. The molecule has 4 rings (SSSR count). The summed E-state index contributed by atoms with van der Waals surface area (Å²) in [7, 11) is 0. The SMILES string of the molecule is Cc1cccc(CN2CCC(NC(=O)C3CCCCN3C(=O)c3cccs3)CC2)c1. The summed E-state index contributed by atoms with van der Waals surface area (Å²) in [5.41, 5.74) is 2.64. The molecule has 2 aliphatic heterocycles. The third-order valence-electron chi connectivity index (χ3n) is 6.22. The number of aryl methyl sites for hydroxylation is 1. The van der Waals surface area contributed by atoms with Gasteiger partial charge in [-0.15, -0.1) is 11.3 Å². The van der Waals surface area contributed by atoms with E-state index in [0.717, 1.165) is 56.6 Å². The fraction of sp³-hybridized carbons (Fsp3) is 0.500. The van der Waals surface area contributed by atoms with Crippen molar-refractivity contribution in [1.29, 1.82) is 0 Å². The lowest BCUT2D eigenvalue weighted by Crippen LogP contribution is -2.55. The van der Waals surface area contributed by atoms with Crippen LogP contribution in [0.15, 0.2) is 41.8 Å². The maximum absolute atomic E-state index is 13.0. The number of benzene rings is 1. The fourth-order valence-corrected chi connectivity index (χ4v) is 5.27. The summed E-state index contributed by atoms with van der Waals surface area (Å²) < 4.78 is 0. The molecule has 5 nitrogen and oxygen atoms in total. The lowest BCUT2D eigenvalue weighted by atomic mass is 9.99. The lowest BCUT2D eigenvalue weighted by Gasteiger charge is -2.37. The second-order valence-corrected chi connectivity index (χ2v) is 9.48. The highest BCUT2D eigenvalue weighted by Crippen LogP contribution is 2.23. The van der Waals surface area contributed by atoms with Crippen molar-refractivity contribution >= 4 is 23.2 Å². The molecule has 2 aromatic rings. The smallest absolute Gasteiger partial charge is 0.264 e. The quantitative estimate of drug-likeness (QED) is 0.792. The maximum Gasteiger partial charge on any atom is 0.264 e. The first-order valence-corrected chi connectivity index (χ1v) is 11.9. The van der Waals surface area contributed by atoms with E-state index in [1.54, 1.807) is 4.90 Å². The number of hydrogen-bond acceptors (Lipinski definition) is 4. The summed E-state index contributed by atoms with van der Waals surface area (Å²) in [4.78, 5) is 30.9. The van der Waals surface area contributed by atoms with E-state index in [1.165, 1.54) is 22.5 Å². The van der Waals surface area contributed by atoms with E-state index in [0.29, 0.717) is 6.54 Å². The van der Waals surface area contributed by atoms with E-state index in [9.17, 15) is 9.59 Å². The van der Waals surface area contributed by atoms with Gasteiger partial charge in [0.25, 0.3) is 5.91 Å². The van der Waals surface area contributed by atoms with Crippen molar-refractivity contribution < 1.29 is 9.59 Å². The van der Waals surface area contributed by atoms with Gasteiger partial charge >= 0.3 is 0 Å². The van der Waals surface area contributed by atoms with Crippen LogP contribution in [-0.2, 0) is 11.3 Å². The molecule has 0 bridgehead atoms. The van der Waals surface area contributed by atoms with Gasteiger partial charge in [-0.3, -0.25) is 14.5 Å². The van der Waals surface area contributed by atoms with Crippen molar-refractivity contribution in [2.24, 2.45) is 0 Å². The molecule has 1 aromatic carbocycles. The molecule has 1 aromatic heterocycles. The molecule has 1 N–H and O–H groups in total. The number of amides is 2. The Hall–Kier alpha value is -2.18. The molecule has 2 amide bonds. The van der Waals surface area contributed by atoms with Crippen LogP contribution in [0.5, 0.6) is 0 Å². The minimum absolute atomic E-state index is 0.00201. The second kappa shape index (κ2) is 9.75. The Bertz CT molecular complexity index is 859. The lowest BCUT2D eigenvalue weighted by molar-refractivity contribution is -0.127. The molecule has 0 radical (unpaired) electrons. The van der Waals surface area contributed by atoms with Crippen molar-refractivity contribution in [3.8, 4) is 0 Å². The number of nitrogens with zero attached hydrogens (tertiary/aromatic N) is 2. The van der Waals surface area contributed by atoms with Crippen LogP contribution >= 0.6 is 11.3 Å². The Labute approximate surface area is 183 Å². The Morgan fingerprint density at radius 1 is 1.07 bits per heavy atom. The van der Waals surface area contributed by atoms with Crippen molar-refractivity contribution in [3.63, 3.8) is 0 Å².